The van der Waals surface area contributed by atoms with Gasteiger partial charge >= 0.3 is 0 Å². The molecule has 0 fully saturated rings. The van der Waals surface area contributed by atoms with Crippen LogP contribution in [0.3, 0.4) is 0 Å². The summed E-state index contributed by atoms with van der Waals surface area (Å²) in [5.41, 5.74) is 3.18. The van der Waals surface area contributed by atoms with E-state index in [2.05, 4.69) is 4.98 Å². The molecule has 0 atom stereocenters. The molecule has 6 nitrogen and oxygen atoms in total. The van der Waals surface area contributed by atoms with Crippen LogP contribution in [0.4, 0.5) is 5.69 Å². The standard InChI is InChI=1S/C21H14N2O4/c24-15-7-8-16(21(25)11-15)20-12-17(13-4-2-1-3-5-13)18-10-14(23(26)27)6-9-19(18)22-20/h1-12,24-25H. The van der Waals surface area contributed by atoms with Crippen LogP contribution in [0.1, 0.15) is 0 Å². The van der Waals surface area contributed by atoms with Crippen LogP contribution in [0.25, 0.3) is 33.3 Å². The first kappa shape index (κ1) is 16.5. The Balaban J connectivity index is 2.03. The lowest BCUT2D eigenvalue weighted by atomic mass is 9.97. The van der Waals surface area contributed by atoms with Gasteiger partial charge in [-0.15, -0.1) is 0 Å². The van der Waals surface area contributed by atoms with E-state index >= 15 is 0 Å². The van der Waals surface area contributed by atoms with Gasteiger partial charge in [-0.2, -0.15) is 0 Å². The Morgan fingerprint density at radius 2 is 1.63 bits per heavy atom. The molecule has 0 saturated carbocycles. The number of hydrogen-bond acceptors (Lipinski definition) is 5. The van der Waals surface area contributed by atoms with Crippen molar-refractivity contribution in [1.82, 2.24) is 4.98 Å². The van der Waals surface area contributed by atoms with Gasteiger partial charge in [0.1, 0.15) is 11.5 Å². The zero-order chi connectivity index (χ0) is 19.0. The van der Waals surface area contributed by atoms with Gasteiger partial charge in [0.2, 0.25) is 0 Å². The lowest BCUT2D eigenvalue weighted by molar-refractivity contribution is -0.384. The number of pyridine rings is 1. The first-order valence-electron chi connectivity index (χ1n) is 8.20. The number of nitrogens with zero attached hydrogens (tertiary/aromatic N) is 2. The van der Waals surface area contributed by atoms with Crippen molar-refractivity contribution in [3.8, 4) is 33.9 Å². The van der Waals surface area contributed by atoms with Crippen molar-refractivity contribution < 1.29 is 15.1 Å². The highest BCUT2D eigenvalue weighted by atomic mass is 16.6. The van der Waals surface area contributed by atoms with E-state index in [0.717, 1.165) is 11.1 Å². The van der Waals surface area contributed by atoms with Crippen molar-refractivity contribution in [2.24, 2.45) is 0 Å². The first-order chi connectivity index (χ1) is 13.0. The predicted molar refractivity (Wildman–Crippen MR) is 103 cm³/mol. The van der Waals surface area contributed by atoms with Gasteiger partial charge in [-0.1, -0.05) is 30.3 Å². The van der Waals surface area contributed by atoms with E-state index in [0.29, 0.717) is 22.2 Å². The summed E-state index contributed by atoms with van der Waals surface area (Å²) in [5.74, 6) is -0.140. The Morgan fingerprint density at radius 3 is 2.33 bits per heavy atom. The number of fused-ring (bicyclic) bond motifs is 1. The fourth-order valence-corrected chi connectivity index (χ4v) is 3.06. The van der Waals surface area contributed by atoms with Crippen LogP contribution in [0, 0.1) is 10.1 Å². The number of nitro benzene ring substituents is 1. The third-order valence-electron chi connectivity index (χ3n) is 4.35. The largest absolute Gasteiger partial charge is 0.508 e. The summed E-state index contributed by atoms with van der Waals surface area (Å²) in [6.45, 7) is 0. The number of benzene rings is 3. The van der Waals surface area contributed by atoms with Crippen LogP contribution in [0.2, 0.25) is 0 Å². The molecule has 1 heterocycles. The Bertz CT molecular complexity index is 1170. The molecule has 4 aromatic rings. The van der Waals surface area contributed by atoms with Crippen molar-refractivity contribution >= 4 is 16.6 Å². The minimum atomic E-state index is -0.437. The molecule has 0 unspecified atom stereocenters. The maximum absolute atomic E-state index is 11.2. The van der Waals surface area contributed by atoms with Gasteiger partial charge < -0.3 is 10.2 Å². The zero-order valence-corrected chi connectivity index (χ0v) is 14.0. The minimum Gasteiger partial charge on any atom is -0.508 e. The van der Waals surface area contributed by atoms with Crippen LogP contribution < -0.4 is 0 Å². The topological polar surface area (TPSA) is 96.5 Å². The number of hydrogen-bond donors (Lipinski definition) is 2. The Morgan fingerprint density at radius 1 is 0.852 bits per heavy atom. The van der Waals surface area contributed by atoms with Gasteiger partial charge in [0.05, 0.1) is 16.1 Å². The Labute approximate surface area is 154 Å². The van der Waals surface area contributed by atoms with Crippen molar-refractivity contribution in [2.45, 2.75) is 0 Å². The second kappa shape index (κ2) is 6.42. The van der Waals surface area contributed by atoms with Gasteiger partial charge in [-0.3, -0.25) is 10.1 Å². The van der Waals surface area contributed by atoms with E-state index in [1.165, 1.54) is 24.3 Å². The van der Waals surface area contributed by atoms with E-state index in [1.807, 2.05) is 30.3 Å². The fraction of sp³-hybridized carbons (Fsp3) is 0. The monoisotopic (exact) mass is 358 g/mol. The normalized spacial score (nSPS) is 10.8. The van der Waals surface area contributed by atoms with Crippen molar-refractivity contribution in [1.29, 1.82) is 0 Å². The Hall–Kier alpha value is -3.93. The number of nitro groups is 1. The second-order valence-electron chi connectivity index (χ2n) is 6.08. The summed E-state index contributed by atoms with van der Waals surface area (Å²) < 4.78 is 0. The fourth-order valence-electron chi connectivity index (χ4n) is 3.06. The first-order valence-corrected chi connectivity index (χ1v) is 8.20. The van der Waals surface area contributed by atoms with Crippen LogP contribution in [-0.2, 0) is 0 Å². The molecule has 3 aromatic carbocycles. The van der Waals surface area contributed by atoms with Crippen LogP contribution >= 0.6 is 0 Å². The van der Waals surface area contributed by atoms with Crippen LogP contribution in [-0.4, -0.2) is 20.1 Å². The molecule has 27 heavy (non-hydrogen) atoms. The molecule has 132 valence electrons. The summed E-state index contributed by atoms with van der Waals surface area (Å²) in [5, 5.41) is 31.6. The maximum atomic E-state index is 11.2. The highest BCUT2D eigenvalue weighted by Gasteiger charge is 2.15. The van der Waals surface area contributed by atoms with Crippen molar-refractivity contribution in [3.63, 3.8) is 0 Å². The number of non-ortho nitro benzene ring substituents is 1. The summed E-state index contributed by atoms with van der Waals surface area (Å²) in [4.78, 5) is 15.3. The summed E-state index contributed by atoms with van der Waals surface area (Å²) >= 11 is 0. The molecule has 0 radical (unpaired) electrons. The van der Waals surface area contributed by atoms with E-state index in [4.69, 9.17) is 0 Å². The summed E-state index contributed by atoms with van der Waals surface area (Å²) in [6.07, 6.45) is 0. The van der Waals surface area contributed by atoms with Gasteiger partial charge in [0, 0.05) is 29.1 Å². The Kier molecular flexibility index (Phi) is 3.93. The molecule has 0 aliphatic rings. The van der Waals surface area contributed by atoms with E-state index in [1.54, 1.807) is 18.2 Å². The van der Waals surface area contributed by atoms with Crippen molar-refractivity contribution in [2.75, 3.05) is 0 Å². The van der Waals surface area contributed by atoms with Gasteiger partial charge in [0.25, 0.3) is 5.69 Å². The van der Waals surface area contributed by atoms with Gasteiger partial charge in [0.15, 0.2) is 0 Å². The third-order valence-corrected chi connectivity index (χ3v) is 4.35. The average molecular weight is 358 g/mol. The highest BCUT2D eigenvalue weighted by Crippen LogP contribution is 2.37. The molecule has 0 aliphatic carbocycles. The van der Waals surface area contributed by atoms with Crippen LogP contribution in [0.5, 0.6) is 11.5 Å². The number of phenols is 2. The second-order valence-corrected chi connectivity index (χ2v) is 6.08. The lowest BCUT2D eigenvalue weighted by Crippen LogP contribution is -1.93. The van der Waals surface area contributed by atoms with Crippen molar-refractivity contribution in [3.05, 3.63) is 82.9 Å². The molecule has 0 bridgehead atoms. The zero-order valence-electron chi connectivity index (χ0n) is 14.0. The number of phenolic OH excluding ortho intramolecular Hbond substituents is 2. The predicted octanol–water partition coefficient (Wildman–Crippen LogP) is 4.89. The molecule has 2 N–H and O–H groups in total. The molecule has 0 amide bonds. The third kappa shape index (κ3) is 3.04. The maximum Gasteiger partial charge on any atom is 0.270 e. The average Bonchev–Trinajstić information content (AvgIpc) is 2.67. The molecular weight excluding hydrogens is 344 g/mol. The van der Waals surface area contributed by atoms with E-state index in [-0.39, 0.29) is 17.2 Å². The van der Waals surface area contributed by atoms with Gasteiger partial charge in [-0.25, -0.2) is 4.98 Å². The molecular formula is C21H14N2O4. The lowest BCUT2D eigenvalue weighted by Gasteiger charge is -2.11. The van der Waals surface area contributed by atoms with E-state index < -0.39 is 4.92 Å². The van der Waals surface area contributed by atoms with Crippen LogP contribution in [0.15, 0.2) is 72.8 Å². The molecule has 0 spiro atoms. The summed E-state index contributed by atoms with van der Waals surface area (Å²) in [7, 11) is 0. The number of rotatable bonds is 3. The molecule has 0 saturated heterocycles. The number of aromatic nitrogens is 1. The highest BCUT2D eigenvalue weighted by molar-refractivity contribution is 5.98. The van der Waals surface area contributed by atoms with Gasteiger partial charge in [-0.05, 0) is 35.4 Å². The number of aromatic hydroxyl groups is 2. The summed E-state index contributed by atoms with van der Waals surface area (Å²) in [6, 6.07) is 20.1. The minimum absolute atomic E-state index is 0.0123. The van der Waals surface area contributed by atoms with E-state index in [9.17, 15) is 20.3 Å². The molecule has 1 aromatic heterocycles. The molecule has 0 aliphatic heterocycles. The smallest absolute Gasteiger partial charge is 0.270 e. The SMILES string of the molecule is O=[N+]([O-])c1ccc2nc(-c3ccc(O)cc3O)cc(-c3ccccc3)c2c1. The molecule has 4 rings (SSSR count). The molecule has 6 heteroatoms. The quantitative estimate of drug-likeness (QED) is 0.401.